The third-order valence-electron chi connectivity index (χ3n) is 3.27. The van der Waals surface area contributed by atoms with Crippen LogP contribution in [0.3, 0.4) is 0 Å². The Hall–Kier alpha value is -0.870. The molecule has 17 heavy (non-hydrogen) atoms. The molecule has 2 unspecified atom stereocenters. The lowest BCUT2D eigenvalue weighted by Gasteiger charge is -2.23. The van der Waals surface area contributed by atoms with E-state index in [9.17, 15) is 8.42 Å². The van der Waals surface area contributed by atoms with Crippen LogP contribution in [-0.2, 0) is 9.84 Å². The zero-order chi connectivity index (χ0) is 13.1. The van der Waals surface area contributed by atoms with Crippen LogP contribution in [0, 0.1) is 6.92 Å². The number of aryl methyl sites for hydroxylation is 1. The highest BCUT2D eigenvalue weighted by Gasteiger charge is 2.29. The lowest BCUT2D eigenvalue weighted by molar-refractivity contribution is 0.504. The van der Waals surface area contributed by atoms with Crippen LogP contribution in [0.15, 0.2) is 29.2 Å². The summed E-state index contributed by atoms with van der Waals surface area (Å²) in [6.07, 6.45) is 0.794. The molecule has 0 heterocycles. The molecule has 0 radical (unpaired) electrons. The van der Waals surface area contributed by atoms with Gasteiger partial charge in [0, 0.05) is 6.04 Å². The predicted octanol–water partition coefficient (Wildman–Crippen LogP) is 2.16. The van der Waals surface area contributed by atoms with Crippen molar-refractivity contribution >= 4 is 9.84 Å². The molecule has 1 aromatic carbocycles. The Balaban J connectivity index is 3.16. The second kappa shape index (κ2) is 5.65. The molecule has 3 nitrogen and oxygen atoms in total. The van der Waals surface area contributed by atoms with E-state index in [4.69, 9.17) is 0 Å². The maximum absolute atomic E-state index is 12.5. The van der Waals surface area contributed by atoms with E-state index in [0.29, 0.717) is 4.90 Å². The summed E-state index contributed by atoms with van der Waals surface area (Å²) in [5.41, 5.74) is 0.810. The smallest absolute Gasteiger partial charge is 0.182 e. The third kappa shape index (κ3) is 2.87. The van der Waals surface area contributed by atoms with Gasteiger partial charge in [0.25, 0.3) is 0 Å². The average molecular weight is 255 g/mol. The van der Waals surface area contributed by atoms with E-state index >= 15 is 0 Å². The number of benzene rings is 1. The van der Waals surface area contributed by atoms with Crippen LogP contribution in [0.2, 0.25) is 0 Å². The van der Waals surface area contributed by atoms with Crippen molar-refractivity contribution < 1.29 is 8.42 Å². The number of sulfone groups is 1. The fourth-order valence-electron chi connectivity index (χ4n) is 2.06. The first-order chi connectivity index (χ1) is 7.95. The van der Waals surface area contributed by atoms with E-state index in [0.717, 1.165) is 12.0 Å². The van der Waals surface area contributed by atoms with Gasteiger partial charge in [-0.25, -0.2) is 8.42 Å². The molecule has 0 spiro atoms. The summed E-state index contributed by atoms with van der Waals surface area (Å²) in [6, 6.07) is 7.13. The SMILES string of the molecule is CCC(NC)C(C)S(=O)(=O)c1ccccc1C. The van der Waals surface area contributed by atoms with Crippen molar-refractivity contribution in [1.29, 1.82) is 0 Å². The summed E-state index contributed by atoms with van der Waals surface area (Å²) in [5, 5.41) is 2.65. The maximum Gasteiger partial charge on any atom is 0.182 e. The fraction of sp³-hybridized carbons (Fsp3) is 0.538. The minimum Gasteiger partial charge on any atom is -0.316 e. The van der Waals surface area contributed by atoms with Crippen LogP contribution in [0.1, 0.15) is 25.8 Å². The predicted molar refractivity (Wildman–Crippen MR) is 71.0 cm³/mol. The first-order valence-electron chi connectivity index (χ1n) is 5.92. The Bertz CT molecular complexity index is 464. The van der Waals surface area contributed by atoms with Crippen LogP contribution in [-0.4, -0.2) is 26.8 Å². The third-order valence-corrected chi connectivity index (χ3v) is 5.65. The molecule has 0 aliphatic heterocycles. The van der Waals surface area contributed by atoms with Gasteiger partial charge in [0.05, 0.1) is 10.1 Å². The molecule has 0 fully saturated rings. The van der Waals surface area contributed by atoms with Crippen molar-refractivity contribution in [2.24, 2.45) is 0 Å². The number of nitrogens with one attached hydrogen (secondary N) is 1. The van der Waals surface area contributed by atoms with Crippen LogP contribution < -0.4 is 5.32 Å². The number of hydrogen-bond donors (Lipinski definition) is 1. The molecule has 1 rings (SSSR count). The van der Waals surface area contributed by atoms with E-state index in [2.05, 4.69) is 5.32 Å². The number of rotatable bonds is 5. The van der Waals surface area contributed by atoms with Gasteiger partial charge >= 0.3 is 0 Å². The largest absolute Gasteiger partial charge is 0.316 e. The molecule has 0 bridgehead atoms. The van der Waals surface area contributed by atoms with E-state index in [1.165, 1.54) is 0 Å². The van der Waals surface area contributed by atoms with E-state index in [1.54, 1.807) is 26.1 Å². The summed E-state index contributed by atoms with van der Waals surface area (Å²) < 4.78 is 24.9. The second-order valence-electron chi connectivity index (χ2n) is 4.32. The van der Waals surface area contributed by atoms with Crippen LogP contribution in [0.5, 0.6) is 0 Å². The molecule has 1 N–H and O–H groups in total. The van der Waals surface area contributed by atoms with Gasteiger partial charge in [-0.05, 0) is 38.9 Å². The van der Waals surface area contributed by atoms with Gasteiger partial charge in [-0.1, -0.05) is 25.1 Å². The van der Waals surface area contributed by atoms with Crippen LogP contribution >= 0.6 is 0 Å². The zero-order valence-corrected chi connectivity index (χ0v) is 11.7. The first-order valence-corrected chi connectivity index (χ1v) is 7.46. The summed E-state index contributed by atoms with van der Waals surface area (Å²) in [5.74, 6) is 0. The molecule has 0 saturated carbocycles. The topological polar surface area (TPSA) is 46.2 Å². The van der Waals surface area contributed by atoms with Crippen molar-refractivity contribution in [1.82, 2.24) is 5.32 Å². The highest BCUT2D eigenvalue weighted by Crippen LogP contribution is 2.22. The summed E-state index contributed by atoms with van der Waals surface area (Å²) in [4.78, 5) is 0.446. The lowest BCUT2D eigenvalue weighted by atomic mass is 10.2. The van der Waals surface area contributed by atoms with Gasteiger partial charge in [-0.3, -0.25) is 0 Å². The van der Waals surface area contributed by atoms with Gasteiger partial charge in [-0.2, -0.15) is 0 Å². The zero-order valence-electron chi connectivity index (χ0n) is 10.9. The minimum atomic E-state index is -3.26. The standard InChI is InChI=1S/C13H21NO2S/c1-5-12(14-4)11(3)17(15,16)13-9-7-6-8-10(13)2/h6-9,11-12,14H,5H2,1-4H3. The van der Waals surface area contributed by atoms with Gasteiger partial charge in [-0.15, -0.1) is 0 Å². The van der Waals surface area contributed by atoms with Crippen molar-refractivity contribution in [2.75, 3.05) is 7.05 Å². The molecule has 4 heteroatoms. The summed E-state index contributed by atoms with van der Waals surface area (Å²) >= 11 is 0. The van der Waals surface area contributed by atoms with Crippen molar-refractivity contribution in [3.8, 4) is 0 Å². The molecule has 0 saturated heterocycles. The maximum atomic E-state index is 12.5. The quantitative estimate of drug-likeness (QED) is 0.877. The Labute approximate surface area is 104 Å². The molecule has 1 aromatic rings. The Morgan fingerprint density at radius 1 is 1.29 bits per heavy atom. The fourth-order valence-corrected chi connectivity index (χ4v) is 4.01. The Morgan fingerprint density at radius 3 is 2.35 bits per heavy atom. The van der Waals surface area contributed by atoms with Gasteiger partial charge in [0.15, 0.2) is 9.84 Å². The van der Waals surface area contributed by atoms with Crippen LogP contribution in [0.4, 0.5) is 0 Å². The molecule has 0 amide bonds. The van der Waals surface area contributed by atoms with E-state index in [1.807, 2.05) is 26.0 Å². The van der Waals surface area contributed by atoms with Gasteiger partial charge in [0.1, 0.15) is 0 Å². The Morgan fingerprint density at radius 2 is 1.88 bits per heavy atom. The van der Waals surface area contributed by atoms with Gasteiger partial charge < -0.3 is 5.32 Å². The van der Waals surface area contributed by atoms with Crippen molar-refractivity contribution in [3.05, 3.63) is 29.8 Å². The highest BCUT2D eigenvalue weighted by atomic mass is 32.2. The van der Waals surface area contributed by atoms with E-state index in [-0.39, 0.29) is 6.04 Å². The molecule has 0 aromatic heterocycles. The number of hydrogen-bond acceptors (Lipinski definition) is 3. The normalized spacial score (nSPS) is 15.5. The summed E-state index contributed by atoms with van der Waals surface area (Å²) in [6.45, 7) is 5.59. The molecule has 2 atom stereocenters. The monoisotopic (exact) mass is 255 g/mol. The average Bonchev–Trinajstić information content (AvgIpc) is 2.30. The first kappa shape index (κ1) is 14.2. The van der Waals surface area contributed by atoms with Crippen molar-refractivity contribution in [3.63, 3.8) is 0 Å². The Kier molecular flexibility index (Phi) is 4.71. The molecule has 96 valence electrons. The highest BCUT2D eigenvalue weighted by molar-refractivity contribution is 7.92. The molecule has 0 aliphatic carbocycles. The van der Waals surface area contributed by atoms with E-state index < -0.39 is 15.1 Å². The summed E-state index contributed by atoms with van der Waals surface area (Å²) in [7, 11) is -1.45. The molecule has 0 aliphatic rings. The second-order valence-corrected chi connectivity index (χ2v) is 6.59. The molecular weight excluding hydrogens is 234 g/mol. The van der Waals surface area contributed by atoms with Crippen LogP contribution in [0.25, 0.3) is 0 Å². The van der Waals surface area contributed by atoms with Crippen molar-refractivity contribution in [2.45, 2.75) is 43.4 Å². The molecular formula is C13H21NO2S. The lowest BCUT2D eigenvalue weighted by Crippen LogP contribution is -2.40. The van der Waals surface area contributed by atoms with Gasteiger partial charge in [0.2, 0.25) is 0 Å². The minimum absolute atomic E-state index is 0.0143.